The van der Waals surface area contributed by atoms with Gasteiger partial charge in [0.25, 0.3) is 0 Å². The van der Waals surface area contributed by atoms with Crippen molar-refractivity contribution in [2.75, 3.05) is 12.3 Å². The van der Waals surface area contributed by atoms with Crippen LogP contribution in [-0.4, -0.2) is 29.4 Å². The summed E-state index contributed by atoms with van der Waals surface area (Å²) in [6.07, 6.45) is 2.59. The minimum Gasteiger partial charge on any atom is -0.477 e. The molecule has 1 aromatic rings. The predicted octanol–water partition coefficient (Wildman–Crippen LogP) is 2.90. The van der Waals surface area contributed by atoms with Gasteiger partial charge in [0.15, 0.2) is 0 Å². The molecule has 0 amide bonds. The summed E-state index contributed by atoms with van der Waals surface area (Å²) in [6, 6.07) is 2.68. The number of carboxylic acids is 1. The van der Waals surface area contributed by atoms with Crippen molar-refractivity contribution in [3.05, 3.63) is 13.8 Å². The van der Waals surface area contributed by atoms with Gasteiger partial charge in [-0.05, 0) is 41.5 Å². The van der Waals surface area contributed by atoms with Gasteiger partial charge in [0.1, 0.15) is 4.88 Å². The summed E-state index contributed by atoms with van der Waals surface area (Å²) in [6.45, 7) is 0.959. The van der Waals surface area contributed by atoms with Crippen molar-refractivity contribution in [3.63, 3.8) is 0 Å². The Balaban J connectivity index is 1.84. The Morgan fingerprint density at radius 3 is 3.06 bits per heavy atom. The topological polar surface area (TPSA) is 49.3 Å². The molecule has 1 fully saturated rings. The average molecular weight is 369 g/mol. The van der Waals surface area contributed by atoms with Gasteiger partial charge in [-0.25, -0.2) is 4.79 Å². The molecule has 2 N–H and O–H groups in total. The lowest BCUT2D eigenvalue weighted by Crippen LogP contribution is -2.19. The van der Waals surface area contributed by atoms with Crippen molar-refractivity contribution in [2.45, 2.75) is 23.8 Å². The van der Waals surface area contributed by atoms with E-state index in [0.717, 1.165) is 26.1 Å². The highest BCUT2D eigenvalue weighted by Crippen LogP contribution is 2.31. The molecular formula is C10H12INO2S2. The molecule has 1 heterocycles. The lowest BCUT2D eigenvalue weighted by Gasteiger charge is -2.02. The van der Waals surface area contributed by atoms with Gasteiger partial charge >= 0.3 is 5.97 Å². The zero-order valence-electron chi connectivity index (χ0n) is 8.53. The molecule has 0 aromatic carbocycles. The van der Waals surface area contributed by atoms with Crippen LogP contribution in [0, 0.1) is 2.88 Å². The first-order chi connectivity index (χ1) is 7.66. The lowest BCUT2D eigenvalue weighted by molar-refractivity contribution is 0.0699. The van der Waals surface area contributed by atoms with Crippen LogP contribution in [-0.2, 0) is 0 Å². The fourth-order valence-electron chi connectivity index (χ4n) is 1.31. The van der Waals surface area contributed by atoms with Crippen LogP contribution in [0.2, 0.25) is 0 Å². The van der Waals surface area contributed by atoms with Gasteiger partial charge in [0.2, 0.25) is 0 Å². The Labute approximate surface area is 116 Å². The molecule has 0 radical (unpaired) electrons. The number of rotatable bonds is 6. The fraction of sp³-hybridized carbons (Fsp3) is 0.500. The SMILES string of the molecule is O=C(O)c1sc(I)cc1SCCNC1CC1. The zero-order valence-corrected chi connectivity index (χ0v) is 12.3. The van der Waals surface area contributed by atoms with Gasteiger partial charge in [-0.3, -0.25) is 0 Å². The molecule has 16 heavy (non-hydrogen) atoms. The Bertz CT molecular complexity index is 390. The molecule has 0 bridgehead atoms. The second-order valence-corrected chi connectivity index (χ2v) is 7.71. The Hall–Kier alpha value is 0.210. The molecule has 0 unspecified atom stereocenters. The van der Waals surface area contributed by atoms with Gasteiger partial charge in [0, 0.05) is 23.2 Å². The van der Waals surface area contributed by atoms with E-state index in [1.807, 2.05) is 6.07 Å². The second kappa shape index (κ2) is 5.70. The molecule has 0 saturated heterocycles. The van der Waals surface area contributed by atoms with Crippen LogP contribution in [0.15, 0.2) is 11.0 Å². The van der Waals surface area contributed by atoms with E-state index in [1.54, 1.807) is 11.8 Å². The first-order valence-corrected chi connectivity index (χ1v) is 7.93. The van der Waals surface area contributed by atoms with Crippen LogP contribution >= 0.6 is 45.7 Å². The predicted molar refractivity (Wildman–Crippen MR) is 75.7 cm³/mol. The highest BCUT2D eigenvalue weighted by Gasteiger charge is 2.20. The largest absolute Gasteiger partial charge is 0.477 e. The molecule has 1 aromatic heterocycles. The second-order valence-electron chi connectivity index (χ2n) is 3.63. The molecule has 0 atom stereocenters. The third-order valence-electron chi connectivity index (χ3n) is 2.23. The van der Waals surface area contributed by atoms with E-state index in [0.29, 0.717) is 4.88 Å². The Morgan fingerprint density at radius 1 is 1.69 bits per heavy atom. The molecule has 1 aliphatic carbocycles. The average Bonchev–Trinajstić information content (AvgIpc) is 2.96. The minimum atomic E-state index is -0.814. The van der Waals surface area contributed by atoms with Crippen molar-refractivity contribution < 1.29 is 9.90 Å². The number of nitrogens with one attached hydrogen (secondary N) is 1. The molecule has 2 rings (SSSR count). The van der Waals surface area contributed by atoms with Crippen molar-refractivity contribution in [1.82, 2.24) is 5.32 Å². The quantitative estimate of drug-likeness (QED) is 0.460. The number of halogens is 1. The van der Waals surface area contributed by atoms with Crippen LogP contribution in [0.5, 0.6) is 0 Å². The summed E-state index contributed by atoms with van der Waals surface area (Å²) in [5.41, 5.74) is 0. The third-order valence-corrected chi connectivity index (χ3v) is 5.29. The lowest BCUT2D eigenvalue weighted by atomic mass is 10.5. The van der Waals surface area contributed by atoms with E-state index in [4.69, 9.17) is 5.11 Å². The maximum Gasteiger partial charge on any atom is 0.347 e. The van der Waals surface area contributed by atoms with Crippen molar-refractivity contribution in [3.8, 4) is 0 Å². The van der Waals surface area contributed by atoms with Crippen molar-refractivity contribution in [1.29, 1.82) is 0 Å². The normalized spacial score (nSPS) is 15.3. The maximum absolute atomic E-state index is 11.0. The standard InChI is InChI=1S/C10H12INO2S2/c11-8-5-7(9(16-8)10(13)14)15-4-3-12-6-1-2-6/h5-6,12H,1-4H2,(H,13,14). The molecule has 0 aliphatic heterocycles. The van der Waals surface area contributed by atoms with Gasteiger partial charge in [-0.15, -0.1) is 23.1 Å². The summed E-state index contributed by atoms with van der Waals surface area (Å²) in [4.78, 5) is 12.3. The monoisotopic (exact) mass is 369 g/mol. The van der Waals surface area contributed by atoms with Gasteiger partial charge in [-0.1, -0.05) is 0 Å². The van der Waals surface area contributed by atoms with Crippen LogP contribution in [0.3, 0.4) is 0 Å². The zero-order chi connectivity index (χ0) is 11.5. The molecular weight excluding hydrogens is 357 g/mol. The molecule has 1 saturated carbocycles. The smallest absolute Gasteiger partial charge is 0.347 e. The summed E-state index contributed by atoms with van der Waals surface area (Å²) >= 11 is 5.14. The molecule has 88 valence electrons. The number of carbonyl (C=O) groups is 1. The van der Waals surface area contributed by atoms with E-state index in [-0.39, 0.29) is 0 Å². The van der Waals surface area contributed by atoms with Gasteiger partial charge in [0.05, 0.1) is 2.88 Å². The Kier molecular flexibility index (Phi) is 4.51. The summed E-state index contributed by atoms with van der Waals surface area (Å²) in [7, 11) is 0. The number of hydrogen-bond acceptors (Lipinski definition) is 4. The highest BCUT2D eigenvalue weighted by atomic mass is 127. The minimum absolute atomic E-state index is 0.473. The van der Waals surface area contributed by atoms with E-state index in [1.165, 1.54) is 24.2 Å². The third kappa shape index (κ3) is 3.61. The molecule has 3 nitrogen and oxygen atoms in total. The number of thiophene rings is 1. The summed E-state index contributed by atoms with van der Waals surface area (Å²) in [5, 5.41) is 12.4. The fourth-order valence-corrected chi connectivity index (χ4v) is 4.35. The number of thioether (sulfide) groups is 1. The first kappa shape index (κ1) is 12.7. The molecule has 6 heteroatoms. The first-order valence-electron chi connectivity index (χ1n) is 5.05. The highest BCUT2D eigenvalue weighted by molar-refractivity contribution is 14.1. The van der Waals surface area contributed by atoms with Gasteiger partial charge < -0.3 is 10.4 Å². The van der Waals surface area contributed by atoms with Crippen LogP contribution in [0.4, 0.5) is 0 Å². The van der Waals surface area contributed by atoms with E-state index in [2.05, 4.69) is 27.9 Å². The van der Waals surface area contributed by atoms with E-state index in [9.17, 15) is 4.79 Å². The van der Waals surface area contributed by atoms with E-state index >= 15 is 0 Å². The van der Waals surface area contributed by atoms with Gasteiger partial charge in [-0.2, -0.15) is 0 Å². The number of aromatic carboxylic acids is 1. The summed E-state index contributed by atoms with van der Waals surface area (Å²) in [5.74, 6) is 0.120. The maximum atomic E-state index is 11.0. The van der Waals surface area contributed by atoms with Crippen LogP contribution in [0.25, 0.3) is 0 Å². The molecule has 0 spiro atoms. The molecule has 1 aliphatic rings. The number of carboxylic acid groups (broad SMARTS) is 1. The summed E-state index contributed by atoms with van der Waals surface area (Å²) < 4.78 is 1.03. The van der Waals surface area contributed by atoms with Crippen LogP contribution < -0.4 is 5.32 Å². The van der Waals surface area contributed by atoms with Crippen molar-refractivity contribution >= 4 is 51.7 Å². The number of hydrogen-bond donors (Lipinski definition) is 2. The van der Waals surface area contributed by atoms with E-state index < -0.39 is 5.97 Å². The van der Waals surface area contributed by atoms with Crippen LogP contribution in [0.1, 0.15) is 22.5 Å². The van der Waals surface area contributed by atoms with Crippen molar-refractivity contribution in [2.24, 2.45) is 0 Å². The Morgan fingerprint density at radius 2 is 2.44 bits per heavy atom.